The highest BCUT2D eigenvalue weighted by Crippen LogP contribution is 2.31. The summed E-state index contributed by atoms with van der Waals surface area (Å²) in [7, 11) is 1.57. The molecule has 0 saturated heterocycles. The van der Waals surface area contributed by atoms with Gasteiger partial charge in [-0.1, -0.05) is 12.1 Å². The Morgan fingerprint density at radius 3 is 2.79 bits per heavy atom. The highest BCUT2D eigenvalue weighted by Gasteiger charge is 2.29. The van der Waals surface area contributed by atoms with Crippen LogP contribution in [0, 0.1) is 0 Å². The van der Waals surface area contributed by atoms with Gasteiger partial charge in [-0.3, -0.25) is 9.59 Å². The summed E-state index contributed by atoms with van der Waals surface area (Å²) >= 11 is 0. The van der Waals surface area contributed by atoms with E-state index in [1.807, 2.05) is 31.2 Å². The van der Waals surface area contributed by atoms with E-state index in [-0.39, 0.29) is 17.9 Å². The summed E-state index contributed by atoms with van der Waals surface area (Å²) in [5.41, 5.74) is 0.413. The molecule has 7 nitrogen and oxygen atoms in total. The Labute approximate surface area is 140 Å². The molecule has 1 aromatic carbocycles. The molecule has 0 aliphatic carbocycles. The fraction of sp³-hybridized carbons (Fsp3) is 0.471. The number of para-hydroxylation sites is 2. The predicted octanol–water partition coefficient (Wildman–Crippen LogP) is 1.28. The molecule has 128 valence electrons. The number of rotatable bonds is 4. The Hall–Kier alpha value is -2.57. The molecule has 2 amide bonds. The lowest BCUT2D eigenvalue weighted by Gasteiger charge is -2.31. The van der Waals surface area contributed by atoms with Crippen molar-refractivity contribution in [1.29, 1.82) is 0 Å². The number of hydrogen-bond acceptors (Lipinski definition) is 5. The molecule has 0 spiro atoms. The van der Waals surface area contributed by atoms with Gasteiger partial charge in [-0.15, -0.1) is 0 Å². The number of carbonyl (C=O) groups is 2. The second kappa shape index (κ2) is 6.90. The molecular weight excluding hydrogens is 310 g/mol. The number of benzene rings is 1. The van der Waals surface area contributed by atoms with Crippen LogP contribution in [0.4, 0.5) is 0 Å². The number of ether oxygens (including phenoxy) is 2. The van der Waals surface area contributed by atoms with Crippen LogP contribution in [0.2, 0.25) is 0 Å². The van der Waals surface area contributed by atoms with E-state index >= 15 is 0 Å². The third kappa shape index (κ3) is 3.34. The van der Waals surface area contributed by atoms with Gasteiger partial charge in [0.15, 0.2) is 17.6 Å². The van der Waals surface area contributed by atoms with Gasteiger partial charge in [0.05, 0.1) is 6.54 Å². The van der Waals surface area contributed by atoms with Crippen molar-refractivity contribution >= 4 is 17.5 Å². The number of nitrogens with zero attached hydrogens (tertiary/aromatic N) is 3. The summed E-state index contributed by atoms with van der Waals surface area (Å²) in [5, 5.41) is 5.34. The first-order valence-corrected chi connectivity index (χ1v) is 8.10. The Morgan fingerprint density at radius 1 is 1.33 bits per heavy atom. The number of fused-ring (bicyclic) bond motifs is 1. The average Bonchev–Trinajstić information content (AvgIpc) is 2.61. The molecule has 1 atom stereocenters. The normalized spacial score (nSPS) is 19.8. The molecule has 0 aromatic heterocycles. The van der Waals surface area contributed by atoms with Gasteiger partial charge in [0.2, 0.25) is 5.91 Å². The van der Waals surface area contributed by atoms with Gasteiger partial charge in [0, 0.05) is 26.4 Å². The number of carbonyl (C=O) groups excluding carboxylic acids is 2. The Kier molecular flexibility index (Phi) is 4.69. The quantitative estimate of drug-likeness (QED) is 0.833. The number of hydrogen-bond donors (Lipinski definition) is 0. The van der Waals surface area contributed by atoms with Gasteiger partial charge < -0.3 is 14.4 Å². The van der Waals surface area contributed by atoms with Gasteiger partial charge in [-0.2, -0.15) is 5.10 Å². The molecule has 2 aliphatic rings. The third-order valence-electron chi connectivity index (χ3n) is 4.11. The molecule has 1 unspecified atom stereocenters. The summed E-state index contributed by atoms with van der Waals surface area (Å²) in [6.45, 7) is 3.26. The lowest BCUT2D eigenvalue weighted by atomic mass is 10.1. The molecule has 24 heavy (non-hydrogen) atoms. The lowest BCUT2D eigenvalue weighted by molar-refractivity contribution is -0.131. The van der Waals surface area contributed by atoms with Crippen LogP contribution in [0.15, 0.2) is 29.4 Å². The molecule has 0 N–H and O–H groups in total. The summed E-state index contributed by atoms with van der Waals surface area (Å²) in [6, 6.07) is 7.49. The van der Waals surface area contributed by atoms with Crippen LogP contribution in [0.5, 0.6) is 11.5 Å². The molecule has 2 aliphatic heterocycles. The van der Waals surface area contributed by atoms with Crippen LogP contribution in [0.25, 0.3) is 0 Å². The molecule has 0 saturated carbocycles. The van der Waals surface area contributed by atoms with E-state index in [0.29, 0.717) is 44.0 Å². The smallest absolute Gasteiger partial charge is 0.270 e. The van der Waals surface area contributed by atoms with Gasteiger partial charge >= 0.3 is 0 Å². The minimum atomic E-state index is -0.229. The third-order valence-corrected chi connectivity index (χ3v) is 4.11. The van der Waals surface area contributed by atoms with Gasteiger partial charge in [0.25, 0.3) is 5.91 Å². The predicted molar refractivity (Wildman–Crippen MR) is 88.0 cm³/mol. The maximum absolute atomic E-state index is 12.7. The van der Waals surface area contributed by atoms with Crippen molar-refractivity contribution in [2.45, 2.75) is 25.9 Å². The standard InChI is InChI=1S/C17H21N3O4/c1-3-20(17(22)13-8-9-16(21)19(2)18-13)10-12-11-23-14-6-4-5-7-15(14)24-12/h4-7,12H,3,8-11H2,1-2H3. The zero-order valence-electron chi connectivity index (χ0n) is 13.9. The average molecular weight is 331 g/mol. The first-order valence-electron chi connectivity index (χ1n) is 8.10. The van der Waals surface area contributed by atoms with Crippen LogP contribution in [0.1, 0.15) is 19.8 Å². The van der Waals surface area contributed by atoms with Crippen LogP contribution in [0.3, 0.4) is 0 Å². The topological polar surface area (TPSA) is 71.4 Å². The highest BCUT2D eigenvalue weighted by molar-refractivity contribution is 6.39. The fourth-order valence-corrected chi connectivity index (χ4v) is 2.76. The van der Waals surface area contributed by atoms with E-state index in [4.69, 9.17) is 9.47 Å². The van der Waals surface area contributed by atoms with Crippen molar-refractivity contribution in [3.05, 3.63) is 24.3 Å². The van der Waals surface area contributed by atoms with Crippen molar-refractivity contribution in [2.24, 2.45) is 5.10 Å². The summed E-state index contributed by atoms with van der Waals surface area (Å²) in [6.07, 6.45) is 0.464. The van der Waals surface area contributed by atoms with Gasteiger partial charge in [0.1, 0.15) is 12.3 Å². The van der Waals surface area contributed by atoms with E-state index in [9.17, 15) is 9.59 Å². The summed E-state index contributed by atoms with van der Waals surface area (Å²) in [4.78, 5) is 25.8. The lowest BCUT2D eigenvalue weighted by Crippen LogP contribution is -2.47. The fourth-order valence-electron chi connectivity index (χ4n) is 2.76. The van der Waals surface area contributed by atoms with Crippen molar-refractivity contribution in [3.63, 3.8) is 0 Å². The summed E-state index contributed by atoms with van der Waals surface area (Å²) < 4.78 is 11.6. The molecule has 0 fully saturated rings. The first-order chi connectivity index (χ1) is 11.6. The Morgan fingerprint density at radius 2 is 2.08 bits per heavy atom. The SMILES string of the molecule is CCN(CC1COc2ccccc2O1)C(=O)C1=NN(C)C(=O)CC1. The molecule has 2 heterocycles. The van der Waals surface area contributed by atoms with Crippen LogP contribution in [-0.4, -0.2) is 60.3 Å². The van der Waals surface area contributed by atoms with E-state index in [1.54, 1.807) is 11.9 Å². The molecule has 0 bridgehead atoms. The summed E-state index contributed by atoms with van der Waals surface area (Å²) in [5.74, 6) is 1.19. The molecule has 0 radical (unpaired) electrons. The minimum absolute atomic E-state index is 0.0739. The zero-order chi connectivity index (χ0) is 17.1. The molecule has 7 heteroatoms. The van der Waals surface area contributed by atoms with Crippen LogP contribution in [-0.2, 0) is 9.59 Å². The maximum atomic E-state index is 12.7. The van der Waals surface area contributed by atoms with E-state index in [2.05, 4.69) is 5.10 Å². The Balaban J connectivity index is 1.66. The zero-order valence-corrected chi connectivity index (χ0v) is 13.9. The van der Waals surface area contributed by atoms with Gasteiger partial charge in [-0.05, 0) is 19.1 Å². The minimum Gasteiger partial charge on any atom is -0.486 e. The largest absolute Gasteiger partial charge is 0.486 e. The second-order valence-corrected chi connectivity index (χ2v) is 5.81. The molecule has 3 rings (SSSR count). The van der Waals surface area contributed by atoms with Gasteiger partial charge in [-0.25, -0.2) is 5.01 Å². The van der Waals surface area contributed by atoms with E-state index < -0.39 is 0 Å². The van der Waals surface area contributed by atoms with E-state index in [1.165, 1.54) is 5.01 Å². The number of amides is 2. The molecule has 1 aromatic rings. The van der Waals surface area contributed by atoms with Crippen molar-refractivity contribution in [3.8, 4) is 11.5 Å². The van der Waals surface area contributed by atoms with Crippen molar-refractivity contribution in [1.82, 2.24) is 9.91 Å². The van der Waals surface area contributed by atoms with Crippen molar-refractivity contribution < 1.29 is 19.1 Å². The maximum Gasteiger partial charge on any atom is 0.270 e. The Bertz CT molecular complexity index is 674. The van der Waals surface area contributed by atoms with E-state index in [0.717, 1.165) is 5.75 Å². The van der Waals surface area contributed by atoms with Crippen LogP contribution >= 0.6 is 0 Å². The van der Waals surface area contributed by atoms with Crippen LogP contribution < -0.4 is 9.47 Å². The second-order valence-electron chi connectivity index (χ2n) is 5.81. The number of hydrazone groups is 1. The first kappa shape index (κ1) is 16.3. The highest BCUT2D eigenvalue weighted by atomic mass is 16.6. The molecular formula is C17H21N3O4. The number of likely N-dealkylation sites (N-methyl/N-ethyl adjacent to an activating group) is 1. The monoisotopic (exact) mass is 331 g/mol. The van der Waals surface area contributed by atoms with Crippen molar-refractivity contribution in [2.75, 3.05) is 26.7 Å².